The Morgan fingerprint density at radius 1 is 1.33 bits per heavy atom. The van der Waals surface area contributed by atoms with Crippen molar-refractivity contribution in [3.63, 3.8) is 0 Å². The van der Waals surface area contributed by atoms with Gasteiger partial charge in [0, 0.05) is 13.0 Å². The Hall–Kier alpha value is -2.17. The number of hydrogen-bond donors (Lipinski definition) is 0. The van der Waals surface area contributed by atoms with Crippen molar-refractivity contribution in [2.75, 3.05) is 7.05 Å². The maximum absolute atomic E-state index is 12.3. The van der Waals surface area contributed by atoms with Crippen molar-refractivity contribution in [2.24, 2.45) is 5.92 Å². The minimum absolute atomic E-state index is 0.0860. The first-order valence-electron chi connectivity index (χ1n) is 7.38. The smallest absolute Gasteiger partial charge is 0.225 e. The first-order chi connectivity index (χ1) is 10.2. The molecule has 110 valence electrons. The lowest BCUT2D eigenvalue weighted by Crippen LogP contribution is -2.37. The fraction of sp³-hybridized carbons (Fsp3) is 0.438. The quantitative estimate of drug-likeness (QED) is 0.867. The lowest BCUT2D eigenvalue weighted by molar-refractivity contribution is -0.138. The van der Waals surface area contributed by atoms with Crippen LogP contribution in [0.5, 0.6) is 0 Å². The molecule has 0 spiro atoms. The van der Waals surface area contributed by atoms with Gasteiger partial charge in [0.25, 0.3) is 0 Å². The monoisotopic (exact) mass is 284 g/mol. The van der Waals surface area contributed by atoms with E-state index in [9.17, 15) is 4.79 Å². The van der Waals surface area contributed by atoms with E-state index in [2.05, 4.69) is 17.0 Å². The summed E-state index contributed by atoms with van der Waals surface area (Å²) in [7, 11) is 1.90. The third-order valence-corrected chi connectivity index (χ3v) is 4.44. The van der Waals surface area contributed by atoms with Crippen molar-refractivity contribution in [2.45, 2.75) is 32.2 Å². The van der Waals surface area contributed by atoms with Crippen molar-refractivity contribution in [1.82, 2.24) is 19.7 Å². The maximum atomic E-state index is 12.3. The number of aromatic nitrogens is 3. The molecule has 0 N–H and O–H groups in total. The molecule has 0 aliphatic heterocycles. The van der Waals surface area contributed by atoms with E-state index in [-0.39, 0.29) is 17.9 Å². The van der Waals surface area contributed by atoms with Crippen molar-refractivity contribution in [1.29, 1.82) is 0 Å². The van der Waals surface area contributed by atoms with Crippen molar-refractivity contribution in [3.05, 3.63) is 42.5 Å². The van der Waals surface area contributed by atoms with Gasteiger partial charge in [0.2, 0.25) is 5.91 Å². The minimum Gasteiger partial charge on any atom is -0.339 e. The normalized spacial score (nSPS) is 16.3. The van der Waals surface area contributed by atoms with E-state index >= 15 is 0 Å². The Morgan fingerprint density at radius 2 is 2.05 bits per heavy atom. The topological polar surface area (TPSA) is 51.0 Å². The third-order valence-electron chi connectivity index (χ3n) is 4.44. The summed E-state index contributed by atoms with van der Waals surface area (Å²) in [6.07, 6.45) is 6.46. The molecule has 1 aromatic heterocycles. The van der Waals surface area contributed by atoms with E-state index in [0.29, 0.717) is 0 Å². The molecule has 1 heterocycles. The highest BCUT2D eigenvalue weighted by Gasteiger charge is 2.30. The van der Waals surface area contributed by atoms with Gasteiger partial charge in [-0.25, -0.2) is 9.67 Å². The second-order valence-electron chi connectivity index (χ2n) is 5.68. The van der Waals surface area contributed by atoms with E-state index in [1.807, 2.05) is 36.2 Å². The van der Waals surface area contributed by atoms with Crippen LogP contribution in [-0.2, 0) is 4.79 Å². The Morgan fingerprint density at radius 3 is 2.57 bits per heavy atom. The number of hydrogen-bond acceptors (Lipinski definition) is 3. The van der Waals surface area contributed by atoms with Crippen LogP contribution >= 0.6 is 0 Å². The van der Waals surface area contributed by atoms with Crippen molar-refractivity contribution in [3.8, 4) is 5.69 Å². The molecule has 2 aromatic rings. The predicted octanol–water partition coefficient (Wildman–Crippen LogP) is 2.59. The van der Waals surface area contributed by atoms with Gasteiger partial charge in [0.1, 0.15) is 12.7 Å². The van der Waals surface area contributed by atoms with Gasteiger partial charge in [0.15, 0.2) is 0 Å². The van der Waals surface area contributed by atoms with Gasteiger partial charge in [-0.05, 0) is 37.5 Å². The highest BCUT2D eigenvalue weighted by atomic mass is 16.2. The highest BCUT2D eigenvalue weighted by Crippen LogP contribution is 2.30. The summed E-state index contributed by atoms with van der Waals surface area (Å²) in [6, 6.07) is 8.19. The Bertz CT molecular complexity index is 602. The van der Waals surface area contributed by atoms with E-state index in [0.717, 1.165) is 24.1 Å². The molecule has 1 saturated carbocycles. The van der Waals surface area contributed by atoms with Gasteiger partial charge in [0.05, 0.1) is 11.7 Å². The number of carbonyl (C=O) groups is 1. The summed E-state index contributed by atoms with van der Waals surface area (Å²) in [5.74, 6) is 0.515. The lowest BCUT2D eigenvalue weighted by Gasteiger charge is -2.33. The summed E-state index contributed by atoms with van der Waals surface area (Å²) in [4.78, 5) is 18.1. The minimum atomic E-state index is 0.0860. The summed E-state index contributed by atoms with van der Waals surface area (Å²) in [6.45, 7) is 2.07. The molecule has 1 amide bonds. The van der Waals surface area contributed by atoms with Crippen LogP contribution in [-0.4, -0.2) is 32.6 Å². The Labute approximate surface area is 124 Å². The van der Waals surface area contributed by atoms with Gasteiger partial charge < -0.3 is 4.90 Å². The van der Waals surface area contributed by atoms with Crippen LogP contribution in [0.15, 0.2) is 36.9 Å². The lowest BCUT2D eigenvalue weighted by atomic mass is 9.84. The molecule has 21 heavy (non-hydrogen) atoms. The maximum Gasteiger partial charge on any atom is 0.225 e. The SMILES string of the molecule is CC(c1ccc(-n2cncn2)cc1)N(C)C(=O)C1CCC1. The predicted molar refractivity (Wildman–Crippen MR) is 79.9 cm³/mol. The second kappa shape index (κ2) is 5.68. The molecular weight excluding hydrogens is 264 g/mol. The second-order valence-corrected chi connectivity index (χ2v) is 5.68. The summed E-state index contributed by atoms with van der Waals surface area (Å²) < 4.78 is 1.72. The van der Waals surface area contributed by atoms with Crippen LogP contribution in [0.4, 0.5) is 0 Å². The molecule has 5 heteroatoms. The summed E-state index contributed by atoms with van der Waals surface area (Å²) in [5, 5.41) is 4.11. The fourth-order valence-electron chi connectivity index (χ4n) is 2.60. The molecule has 1 atom stereocenters. The number of benzene rings is 1. The van der Waals surface area contributed by atoms with Gasteiger partial charge in [-0.2, -0.15) is 5.10 Å². The molecule has 0 bridgehead atoms. The Kier molecular flexibility index (Phi) is 3.73. The van der Waals surface area contributed by atoms with E-state index in [1.165, 1.54) is 12.7 Å². The van der Waals surface area contributed by atoms with E-state index in [4.69, 9.17) is 0 Å². The van der Waals surface area contributed by atoms with Crippen molar-refractivity contribution < 1.29 is 4.79 Å². The zero-order chi connectivity index (χ0) is 14.8. The third kappa shape index (κ3) is 2.68. The highest BCUT2D eigenvalue weighted by molar-refractivity contribution is 5.79. The largest absolute Gasteiger partial charge is 0.339 e. The molecule has 0 radical (unpaired) electrons. The molecule has 1 aromatic carbocycles. The Balaban J connectivity index is 1.72. The number of amides is 1. The molecule has 3 rings (SSSR count). The van der Waals surface area contributed by atoms with Gasteiger partial charge in [-0.3, -0.25) is 4.79 Å². The molecule has 5 nitrogen and oxygen atoms in total. The molecular formula is C16H20N4O. The van der Waals surface area contributed by atoms with Gasteiger partial charge in [-0.15, -0.1) is 0 Å². The van der Waals surface area contributed by atoms with Crippen LogP contribution in [0.3, 0.4) is 0 Å². The van der Waals surface area contributed by atoms with Crippen LogP contribution in [0, 0.1) is 5.92 Å². The number of nitrogens with zero attached hydrogens (tertiary/aromatic N) is 4. The fourth-order valence-corrected chi connectivity index (χ4v) is 2.60. The number of carbonyl (C=O) groups excluding carboxylic acids is 1. The molecule has 1 fully saturated rings. The van der Waals surface area contributed by atoms with Crippen molar-refractivity contribution >= 4 is 5.91 Å². The standard InChI is InChI=1S/C16H20N4O/c1-12(19(2)16(21)14-4-3-5-14)13-6-8-15(9-7-13)20-11-17-10-18-20/h6-12,14H,3-5H2,1-2H3. The summed E-state index contributed by atoms with van der Waals surface area (Å²) >= 11 is 0. The molecule has 1 aliphatic rings. The zero-order valence-electron chi connectivity index (χ0n) is 12.4. The first-order valence-corrected chi connectivity index (χ1v) is 7.38. The van der Waals surface area contributed by atoms with Crippen LogP contribution in [0.1, 0.15) is 37.8 Å². The van der Waals surface area contributed by atoms with Crippen LogP contribution in [0.2, 0.25) is 0 Å². The van der Waals surface area contributed by atoms with Gasteiger partial charge in [-0.1, -0.05) is 18.6 Å². The van der Waals surface area contributed by atoms with Crippen LogP contribution in [0.25, 0.3) is 5.69 Å². The average molecular weight is 284 g/mol. The van der Waals surface area contributed by atoms with Crippen LogP contribution < -0.4 is 0 Å². The summed E-state index contributed by atoms with van der Waals surface area (Å²) in [5.41, 5.74) is 2.10. The van der Waals surface area contributed by atoms with E-state index < -0.39 is 0 Å². The molecule has 1 aliphatic carbocycles. The van der Waals surface area contributed by atoms with Gasteiger partial charge >= 0.3 is 0 Å². The zero-order valence-corrected chi connectivity index (χ0v) is 12.4. The van der Waals surface area contributed by atoms with E-state index in [1.54, 1.807) is 11.0 Å². The molecule has 0 saturated heterocycles. The number of rotatable bonds is 4. The first kappa shape index (κ1) is 13.8. The molecule has 1 unspecified atom stereocenters. The average Bonchev–Trinajstić information content (AvgIpc) is 2.98.